The van der Waals surface area contributed by atoms with Crippen LogP contribution in [0.15, 0.2) is 41.9 Å². The van der Waals surface area contributed by atoms with E-state index in [2.05, 4.69) is 23.4 Å². The summed E-state index contributed by atoms with van der Waals surface area (Å²) in [5.41, 5.74) is 3.55. The normalized spacial score (nSPS) is 16.4. The Morgan fingerprint density at radius 2 is 1.94 bits per heavy atom. The average Bonchev–Trinajstić information content (AvgIpc) is 3.28. The fourth-order valence-electron chi connectivity index (χ4n) is 4.04. The van der Waals surface area contributed by atoms with Gasteiger partial charge in [-0.1, -0.05) is 24.6 Å². The first-order valence-electron chi connectivity index (χ1n) is 10.5. The monoisotopic (exact) mass is 454 g/mol. The molecule has 7 heteroatoms. The van der Waals surface area contributed by atoms with Crippen LogP contribution in [-0.2, 0) is 0 Å². The van der Waals surface area contributed by atoms with Gasteiger partial charge in [-0.05, 0) is 54.0 Å². The van der Waals surface area contributed by atoms with E-state index < -0.39 is 0 Å². The molecule has 1 amide bonds. The van der Waals surface area contributed by atoms with Crippen molar-refractivity contribution in [2.75, 3.05) is 26.3 Å². The number of pyridine rings is 1. The first-order chi connectivity index (χ1) is 15.1. The van der Waals surface area contributed by atoms with Crippen LogP contribution in [0.4, 0.5) is 0 Å². The fraction of sp³-hybridized carbons (Fsp3) is 0.333. The SMILES string of the molecule is CC1CCN(C(=O)c2ccc(-c3cc(-c4ccnc5c4OCCO5)cs3)c(Cl)c2)CC1. The molecule has 0 atom stereocenters. The summed E-state index contributed by atoms with van der Waals surface area (Å²) in [5.74, 6) is 1.96. The first kappa shape index (κ1) is 20.3. The van der Waals surface area contributed by atoms with Crippen LogP contribution in [-0.4, -0.2) is 42.1 Å². The van der Waals surface area contributed by atoms with Crippen LogP contribution in [0, 0.1) is 5.92 Å². The van der Waals surface area contributed by atoms with Gasteiger partial charge >= 0.3 is 0 Å². The molecular formula is C24H23ClN2O3S. The van der Waals surface area contributed by atoms with E-state index in [-0.39, 0.29) is 5.91 Å². The van der Waals surface area contributed by atoms with E-state index in [1.54, 1.807) is 23.6 Å². The molecular weight excluding hydrogens is 432 g/mol. The van der Waals surface area contributed by atoms with Crippen LogP contribution < -0.4 is 9.47 Å². The minimum Gasteiger partial charge on any atom is -0.484 e. The average molecular weight is 455 g/mol. The third kappa shape index (κ3) is 4.02. The molecule has 5 nitrogen and oxygen atoms in total. The van der Waals surface area contributed by atoms with E-state index in [9.17, 15) is 4.79 Å². The lowest BCUT2D eigenvalue weighted by molar-refractivity contribution is 0.0697. The number of carbonyl (C=O) groups excluding carboxylic acids is 1. The van der Waals surface area contributed by atoms with Gasteiger partial charge in [-0.15, -0.1) is 11.3 Å². The number of hydrogen-bond acceptors (Lipinski definition) is 5. The maximum absolute atomic E-state index is 12.9. The molecule has 1 aromatic carbocycles. The number of halogens is 1. The Morgan fingerprint density at radius 3 is 2.74 bits per heavy atom. The molecule has 160 valence electrons. The molecule has 0 N–H and O–H groups in total. The smallest absolute Gasteiger partial charge is 0.257 e. The highest BCUT2D eigenvalue weighted by Crippen LogP contribution is 2.42. The van der Waals surface area contributed by atoms with Crippen LogP contribution in [0.5, 0.6) is 11.6 Å². The second-order valence-corrected chi connectivity index (χ2v) is 9.38. The summed E-state index contributed by atoms with van der Waals surface area (Å²) >= 11 is 8.23. The maximum Gasteiger partial charge on any atom is 0.257 e. The molecule has 0 spiro atoms. The van der Waals surface area contributed by atoms with Gasteiger partial charge in [0.1, 0.15) is 13.2 Å². The van der Waals surface area contributed by atoms with Gasteiger partial charge in [0, 0.05) is 40.9 Å². The molecule has 0 bridgehead atoms. The first-order valence-corrected chi connectivity index (χ1v) is 11.8. The number of ether oxygens (including phenoxy) is 2. The molecule has 2 aliphatic heterocycles. The summed E-state index contributed by atoms with van der Waals surface area (Å²) in [6.07, 6.45) is 3.85. The second kappa shape index (κ2) is 8.52. The Balaban J connectivity index is 1.40. The Kier molecular flexibility index (Phi) is 5.59. The summed E-state index contributed by atoms with van der Waals surface area (Å²) in [7, 11) is 0. The van der Waals surface area contributed by atoms with Crippen molar-refractivity contribution in [3.05, 3.63) is 52.5 Å². The van der Waals surface area contributed by atoms with Gasteiger partial charge in [-0.2, -0.15) is 0 Å². The third-order valence-electron chi connectivity index (χ3n) is 5.90. The number of nitrogens with zero attached hydrogens (tertiary/aromatic N) is 2. The van der Waals surface area contributed by atoms with E-state index in [0.717, 1.165) is 47.5 Å². The van der Waals surface area contributed by atoms with Crippen molar-refractivity contribution in [2.24, 2.45) is 5.92 Å². The van der Waals surface area contributed by atoms with Gasteiger partial charge in [-0.3, -0.25) is 4.79 Å². The number of likely N-dealkylation sites (tertiary alicyclic amines) is 1. The molecule has 0 aliphatic carbocycles. The molecule has 1 fully saturated rings. The highest BCUT2D eigenvalue weighted by molar-refractivity contribution is 7.14. The predicted molar refractivity (Wildman–Crippen MR) is 123 cm³/mol. The van der Waals surface area contributed by atoms with Crippen molar-refractivity contribution in [3.63, 3.8) is 0 Å². The van der Waals surface area contributed by atoms with Crippen molar-refractivity contribution < 1.29 is 14.3 Å². The molecule has 1 saturated heterocycles. The molecule has 2 aromatic heterocycles. The van der Waals surface area contributed by atoms with Crippen molar-refractivity contribution in [2.45, 2.75) is 19.8 Å². The number of carbonyl (C=O) groups is 1. The number of piperidine rings is 1. The highest BCUT2D eigenvalue weighted by Gasteiger charge is 2.23. The Hall–Kier alpha value is -2.57. The summed E-state index contributed by atoms with van der Waals surface area (Å²) in [4.78, 5) is 20.1. The minimum atomic E-state index is 0.0628. The lowest BCUT2D eigenvalue weighted by atomic mass is 9.98. The number of benzene rings is 1. The highest BCUT2D eigenvalue weighted by atomic mass is 35.5. The fourth-order valence-corrected chi connectivity index (χ4v) is 5.33. The zero-order valence-electron chi connectivity index (χ0n) is 17.3. The Morgan fingerprint density at radius 1 is 1.13 bits per heavy atom. The van der Waals surface area contributed by atoms with Crippen molar-refractivity contribution in [1.82, 2.24) is 9.88 Å². The van der Waals surface area contributed by atoms with Gasteiger partial charge in [-0.25, -0.2) is 4.98 Å². The summed E-state index contributed by atoms with van der Waals surface area (Å²) in [6, 6.07) is 9.64. The molecule has 4 heterocycles. The standard InChI is InChI=1S/C24H23ClN2O3S/c1-15-5-8-27(9-6-15)24(28)16-2-3-19(20(25)12-16)21-13-17(14-31-21)18-4-7-26-23-22(18)29-10-11-30-23/h2-4,7,12-15H,5-6,8-11H2,1H3. The second-order valence-electron chi connectivity index (χ2n) is 8.06. The molecule has 5 rings (SSSR count). The lowest BCUT2D eigenvalue weighted by Gasteiger charge is -2.30. The summed E-state index contributed by atoms with van der Waals surface area (Å²) in [6.45, 7) is 4.89. The number of hydrogen-bond donors (Lipinski definition) is 0. The number of fused-ring (bicyclic) bond motifs is 1. The van der Waals surface area contributed by atoms with Gasteiger partial charge in [0.2, 0.25) is 0 Å². The van der Waals surface area contributed by atoms with Crippen LogP contribution in [0.1, 0.15) is 30.1 Å². The van der Waals surface area contributed by atoms with E-state index in [1.807, 2.05) is 23.1 Å². The van der Waals surface area contributed by atoms with Gasteiger partial charge in [0.15, 0.2) is 5.75 Å². The predicted octanol–water partition coefficient (Wildman–Crippen LogP) is 5.77. The molecule has 0 unspecified atom stereocenters. The molecule has 0 radical (unpaired) electrons. The molecule has 31 heavy (non-hydrogen) atoms. The molecule has 2 aliphatic rings. The number of aromatic nitrogens is 1. The van der Waals surface area contributed by atoms with Gasteiger partial charge in [0.05, 0.1) is 5.02 Å². The van der Waals surface area contributed by atoms with Crippen LogP contribution in [0.2, 0.25) is 5.02 Å². The van der Waals surface area contributed by atoms with Gasteiger partial charge in [0.25, 0.3) is 11.8 Å². The summed E-state index contributed by atoms with van der Waals surface area (Å²) in [5, 5.41) is 2.66. The summed E-state index contributed by atoms with van der Waals surface area (Å²) < 4.78 is 11.4. The van der Waals surface area contributed by atoms with E-state index in [1.165, 1.54) is 0 Å². The maximum atomic E-state index is 12.9. The van der Waals surface area contributed by atoms with E-state index in [0.29, 0.717) is 41.3 Å². The zero-order valence-corrected chi connectivity index (χ0v) is 18.8. The van der Waals surface area contributed by atoms with Crippen molar-refractivity contribution >= 4 is 28.8 Å². The van der Waals surface area contributed by atoms with Crippen molar-refractivity contribution in [1.29, 1.82) is 0 Å². The van der Waals surface area contributed by atoms with E-state index >= 15 is 0 Å². The zero-order chi connectivity index (χ0) is 21.4. The molecule has 0 saturated carbocycles. The topological polar surface area (TPSA) is 51.7 Å². The van der Waals surface area contributed by atoms with Crippen molar-refractivity contribution in [3.8, 4) is 33.2 Å². The van der Waals surface area contributed by atoms with Crippen LogP contribution in [0.25, 0.3) is 21.6 Å². The quantitative estimate of drug-likeness (QED) is 0.503. The number of thiophene rings is 1. The third-order valence-corrected chi connectivity index (χ3v) is 7.18. The van der Waals surface area contributed by atoms with Crippen LogP contribution in [0.3, 0.4) is 0 Å². The Labute approximate surface area is 190 Å². The van der Waals surface area contributed by atoms with Crippen LogP contribution >= 0.6 is 22.9 Å². The largest absolute Gasteiger partial charge is 0.484 e. The Bertz CT molecular complexity index is 1120. The van der Waals surface area contributed by atoms with E-state index in [4.69, 9.17) is 21.1 Å². The molecule has 3 aromatic rings. The number of rotatable bonds is 3. The van der Waals surface area contributed by atoms with Gasteiger partial charge < -0.3 is 14.4 Å². The lowest BCUT2D eigenvalue weighted by Crippen LogP contribution is -2.37. The minimum absolute atomic E-state index is 0.0628. The number of amides is 1.